The second-order valence-electron chi connectivity index (χ2n) is 10.4. The number of likely N-dealkylation sites (tertiary alicyclic amines) is 1. The Morgan fingerprint density at radius 3 is 2.50 bits per heavy atom. The third-order valence-electron chi connectivity index (χ3n) is 8.54. The maximum Gasteiger partial charge on any atom is 0.317 e. The van der Waals surface area contributed by atoms with Crippen molar-refractivity contribution in [3.05, 3.63) is 41.5 Å². The monoisotopic (exact) mass is 440 g/mol. The average Bonchev–Trinajstić information content (AvgIpc) is 3.49. The molecule has 3 aliphatic heterocycles. The minimum atomic E-state index is -0.0910. The summed E-state index contributed by atoms with van der Waals surface area (Å²) < 4.78 is 25.1. The van der Waals surface area contributed by atoms with E-state index >= 15 is 0 Å². The molecule has 4 heterocycles. The van der Waals surface area contributed by atoms with Crippen LogP contribution in [0.3, 0.4) is 0 Å². The van der Waals surface area contributed by atoms with Crippen LogP contribution in [0.25, 0.3) is 0 Å². The predicted octanol–water partition coefficient (Wildman–Crippen LogP) is 4.34. The lowest BCUT2D eigenvalue weighted by Gasteiger charge is -2.48. The van der Waals surface area contributed by atoms with Gasteiger partial charge in [-0.2, -0.15) is 0 Å². The first-order valence-corrected chi connectivity index (χ1v) is 12.3. The van der Waals surface area contributed by atoms with Crippen LogP contribution in [0.2, 0.25) is 0 Å². The molecule has 7 heteroatoms. The minimum Gasteiger partial charge on any atom is -0.411 e. The molecule has 1 spiro atoms. The Hall–Kier alpha value is -1.99. The fourth-order valence-corrected chi connectivity index (χ4v) is 6.83. The predicted molar refractivity (Wildman–Crippen MR) is 119 cm³/mol. The van der Waals surface area contributed by atoms with E-state index in [1.807, 2.05) is 6.07 Å². The number of aromatic nitrogens is 2. The highest BCUT2D eigenvalue weighted by Gasteiger charge is 2.50. The Kier molecular flexibility index (Phi) is 5.42. The molecule has 6 rings (SSSR count). The maximum atomic E-state index is 14.2. The van der Waals surface area contributed by atoms with Crippen LogP contribution in [0, 0.1) is 11.2 Å². The van der Waals surface area contributed by atoms with Crippen LogP contribution in [-0.4, -0.2) is 60.5 Å². The van der Waals surface area contributed by atoms with Crippen molar-refractivity contribution in [2.45, 2.75) is 62.8 Å². The van der Waals surface area contributed by atoms with Crippen LogP contribution in [0.15, 0.2) is 29.0 Å². The molecule has 1 aromatic carbocycles. The number of benzene rings is 1. The summed E-state index contributed by atoms with van der Waals surface area (Å²) in [5, 5.41) is 7.86. The van der Waals surface area contributed by atoms with Gasteiger partial charge < -0.3 is 19.0 Å². The lowest BCUT2D eigenvalue weighted by atomic mass is 9.78. The number of ether oxygens (including phenoxy) is 1. The van der Waals surface area contributed by atoms with Gasteiger partial charge in [0, 0.05) is 37.8 Å². The van der Waals surface area contributed by atoms with Gasteiger partial charge in [0.1, 0.15) is 5.82 Å². The van der Waals surface area contributed by atoms with Crippen LogP contribution in [0.5, 0.6) is 0 Å². The van der Waals surface area contributed by atoms with E-state index < -0.39 is 0 Å². The highest BCUT2D eigenvalue weighted by molar-refractivity contribution is 5.35. The SMILES string of the molecule is Fc1ccc(C2CCOCC2)c(C2CCN([C@@H]3CCC4(C3)CN(c3nnco3)C4)CC2)c1. The van der Waals surface area contributed by atoms with Gasteiger partial charge in [-0.3, -0.25) is 0 Å². The molecule has 0 N–H and O–H groups in total. The Morgan fingerprint density at radius 2 is 1.75 bits per heavy atom. The van der Waals surface area contributed by atoms with E-state index in [0.29, 0.717) is 29.3 Å². The molecule has 172 valence electrons. The molecule has 32 heavy (non-hydrogen) atoms. The van der Waals surface area contributed by atoms with E-state index in [1.165, 1.54) is 36.8 Å². The third-order valence-corrected chi connectivity index (χ3v) is 8.54. The zero-order valence-corrected chi connectivity index (χ0v) is 18.7. The Bertz CT molecular complexity index is 916. The number of rotatable bonds is 4. The van der Waals surface area contributed by atoms with Crippen LogP contribution in [0.1, 0.15) is 67.9 Å². The zero-order valence-electron chi connectivity index (χ0n) is 18.7. The molecule has 1 saturated carbocycles. The van der Waals surface area contributed by atoms with Crippen LogP contribution >= 0.6 is 0 Å². The third kappa shape index (κ3) is 3.83. The molecule has 0 radical (unpaired) electrons. The van der Waals surface area contributed by atoms with Crippen LogP contribution in [-0.2, 0) is 4.74 Å². The Balaban J connectivity index is 1.07. The summed E-state index contributed by atoms with van der Waals surface area (Å²) in [6.45, 7) is 5.99. The van der Waals surface area contributed by atoms with Crippen molar-refractivity contribution in [1.29, 1.82) is 0 Å². The normalized spacial score (nSPS) is 27.2. The maximum absolute atomic E-state index is 14.2. The van der Waals surface area contributed by atoms with E-state index in [4.69, 9.17) is 9.15 Å². The highest BCUT2D eigenvalue weighted by atomic mass is 19.1. The van der Waals surface area contributed by atoms with Crippen molar-refractivity contribution in [3.63, 3.8) is 0 Å². The highest BCUT2D eigenvalue weighted by Crippen LogP contribution is 2.49. The van der Waals surface area contributed by atoms with Gasteiger partial charge in [0.15, 0.2) is 0 Å². The van der Waals surface area contributed by atoms with Crippen molar-refractivity contribution in [3.8, 4) is 0 Å². The summed E-state index contributed by atoms with van der Waals surface area (Å²) in [7, 11) is 0. The topological polar surface area (TPSA) is 54.6 Å². The fourth-order valence-electron chi connectivity index (χ4n) is 6.83. The number of nitrogens with zero attached hydrogens (tertiary/aromatic N) is 4. The Labute approximate surface area is 189 Å². The number of hydrogen-bond donors (Lipinski definition) is 0. The van der Waals surface area contributed by atoms with Gasteiger partial charge in [0.2, 0.25) is 6.39 Å². The second-order valence-corrected chi connectivity index (χ2v) is 10.4. The number of hydrogen-bond acceptors (Lipinski definition) is 6. The van der Waals surface area contributed by atoms with Gasteiger partial charge in [-0.05, 0) is 93.1 Å². The molecular formula is C25H33FN4O2. The van der Waals surface area contributed by atoms with Gasteiger partial charge >= 0.3 is 6.01 Å². The fraction of sp³-hybridized carbons (Fsp3) is 0.680. The summed E-state index contributed by atoms with van der Waals surface area (Å²) in [4.78, 5) is 4.93. The summed E-state index contributed by atoms with van der Waals surface area (Å²) >= 11 is 0. The molecular weight excluding hydrogens is 407 g/mol. The smallest absolute Gasteiger partial charge is 0.317 e. The molecule has 0 unspecified atom stereocenters. The summed E-state index contributed by atoms with van der Waals surface area (Å²) in [5.74, 6) is 0.908. The Morgan fingerprint density at radius 1 is 0.969 bits per heavy atom. The van der Waals surface area contributed by atoms with E-state index in [-0.39, 0.29) is 5.82 Å². The molecule has 2 aromatic rings. The lowest BCUT2D eigenvalue weighted by molar-refractivity contribution is 0.0848. The van der Waals surface area contributed by atoms with Crippen molar-refractivity contribution in [2.75, 3.05) is 44.3 Å². The molecule has 1 aromatic heterocycles. The van der Waals surface area contributed by atoms with E-state index in [1.54, 1.807) is 6.07 Å². The molecule has 3 saturated heterocycles. The summed E-state index contributed by atoms with van der Waals surface area (Å²) in [6.07, 6.45) is 9.65. The first-order chi connectivity index (χ1) is 15.7. The second kappa shape index (κ2) is 8.41. The van der Waals surface area contributed by atoms with Gasteiger partial charge in [0.25, 0.3) is 0 Å². The summed E-state index contributed by atoms with van der Waals surface area (Å²) in [5.41, 5.74) is 3.08. The number of piperidine rings is 1. The van der Waals surface area contributed by atoms with Gasteiger partial charge in [0.05, 0.1) is 0 Å². The van der Waals surface area contributed by atoms with Crippen LogP contribution in [0.4, 0.5) is 10.4 Å². The lowest BCUT2D eigenvalue weighted by Crippen LogP contribution is -2.56. The first kappa shape index (κ1) is 20.6. The standard InChI is InChI=1S/C25H33FN4O2/c26-20-1-2-22(19-6-11-31-12-7-19)23(13-20)18-4-9-29(10-5-18)21-3-8-25(14-21)15-30(16-25)24-28-27-17-32-24/h1-2,13,17-19,21H,3-12,14-16H2/t21-/m1/s1. The molecule has 1 aliphatic carbocycles. The molecule has 4 aliphatic rings. The van der Waals surface area contributed by atoms with E-state index in [2.05, 4.69) is 26.1 Å². The largest absolute Gasteiger partial charge is 0.411 e. The van der Waals surface area contributed by atoms with Gasteiger partial charge in [-0.1, -0.05) is 11.2 Å². The van der Waals surface area contributed by atoms with Crippen molar-refractivity contribution in [2.24, 2.45) is 5.41 Å². The van der Waals surface area contributed by atoms with Crippen molar-refractivity contribution in [1.82, 2.24) is 15.1 Å². The van der Waals surface area contributed by atoms with E-state index in [0.717, 1.165) is 65.1 Å². The van der Waals surface area contributed by atoms with Crippen molar-refractivity contribution >= 4 is 6.01 Å². The van der Waals surface area contributed by atoms with E-state index in [9.17, 15) is 4.39 Å². The molecule has 1 atom stereocenters. The van der Waals surface area contributed by atoms with Gasteiger partial charge in [-0.15, -0.1) is 5.10 Å². The zero-order chi connectivity index (χ0) is 21.5. The quantitative estimate of drug-likeness (QED) is 0.705. The van der Waals surface area contributed by atoms with Gasteiger partial charge in [-0.25, -0.2) is 4.39 Å². The molecule has 4 fully saturated rings. The number of anilines is 1. The summed E-state index contributed by atoms with van der Waals surface area (Å²) in [6, 6.07) is 6.88. The number of halogens is 1. The van der Waals surface area contributed by atoms with Crippen molar-refractivity contribution < 1.29 is 13.5 Å². The first-order valence-electron chi connectivity index (χ1n) is 12.3. The minimum absolute atomic E-state index is 0.0910. The molecule has 6 nitrogen and oxygen atoms in total. The molecule has 0 amide bonds. The van der Waals surface area contributed by atoms with Crippen LogP contribution < -0.4 is 4.90 Å². The average molecular weight is 441 g/mol. The molecule has 0 bridgehead atoms.